The van der Waals surface area contributed by atoms with E-state index in [0.29, 0.717) is 16.1 Å². The number of thiophene rings is 1. The second-order valence-electron chi connectivity index (χ2n) is 6.36. The smallest absolute Gasteiger partial charge is 0.387 e. The standard InChI is InChI=1S/C20H18F2N2O5S/c21-20(22)29-12-7-4-11(5-8-12)6-9-16(26)28-10-15(25)24-19-17(18(23)27)13-2-1-3-14(13)30-19/h4-9,20H,1-3,10H2,(H2,23,27)(H,24,25)/b9-6+. The lowest BCUT2D eigenvalue weighted by Crippen LogP contribution is -2.22. The lowest BCUT2D eigenvalue weighted by molar-refractivity contribution is -0.142. The van der Waals surface area contributed by atoms with Crippen molar-refractivity contribution in [3.05, 3.63) is 51.9 Å². The van der Waals surface area contributed by atoms with Crippen molar-refractivity contribution in [2.75, 3.05) is 11.9 Å². The molecule has 0 bridgehead atoms. The van der Waals surface area contributed by atoms with Crippen LogP contribution in [0.4, 0.5) is 13.8 Å². The highest BCUT2D eigenvalue weighted by atomic mass is 32.1. The van der Waals surface area contributed by atoms with E-state index in [1.807, 2.05) is 0 Å². The average Bonchev–Trinajstić information content (AvgIpc) is 3.25. The Morgan fingerprint density at radius 3 is 2.60 bits per heavy atom. The van der Waals surface area contributed by atoms with Gasteiger partial charge in [-0.15, -0.1) is 11.3 Å². The van der Waals surface area contributed by atoms with Crippen LogP contribution in [-0.2, 0) is 27.2 Å². The van der Waals surface area contributed by atoms with Gasteiger partial charge in [-0.3, -0.25) is 9.59 Å². The van der Waals surface area contributed by atoms with E-state index in [9.17, 15) is 23.2 Å². The number of amides is 2. The maximum absolute atomic E-state index is 12.1. The van der Waals surface area contributed by atoms with Crippen LogP contribution < -0.4 is 15.8 Å². The van der Waals surface area contributed by atoms with E-state index in [1.54, 1.807) is 0 Å². The summed E-state index contributed by atoms with van der Waals surface area (Å²) in [6, 6.07) is 5.63. The molecular formula is C20H18F2N2O5S. The lowest BCUT2D eigenvalue weighted by atomic mass is 10.1. The Bertz CT molecular complexity index is 986. The molecule has 0 atom stereocenters. The van der Waals surface area contributed by atoms with E-state index in [4.69, 9.17) is 10.5 Å². The minimum Gasteiger partial charge on any atom is -0.452 e. The third-order valence-corrected chi connectivity index (χ3v) is 5.49. The first-order valence-corrected chi connectivity index (χ1v) is 9.79. The third-order valence-electron chi connectivity index (χ3n) is 4.28. The maximum atomic E-state index is 12.1. The Morgan fingerprint density at radius 1 is 1.20 bits per heavy atom. The molecule has 30 heavy (non-hydrogen) atoms. The van der Waals surface area contributed by atoms with Crippen LogP contribution in [0.1, 0.15) is 32.8 Å². The molecular weight excluding hydrogens is 418 g/mol. The molecule has 1 aliphatic carbocycles. The van der Waals surface area contributed by atoms with Gasteiger partial charge in [-0.1, -0.05) is 12.1 Å². The molecule has 158 valence electrons. The van der Waals surface area contributed by atoms with Crippen molar-refractivity contribution in [1.29, 1.82) is 0 Å². The number of carbonyl (C=O) groups excluding carboxylic acids is 3. The normalized spacial score (nSPS) is 12.8. The largest absolute Gasteiger partial charge is 0.452 e. The minimum absolute atomic E-state index is 0.00344. The number of anilines is 1. The number of aryl methyl sites for hydroxylation is 1. The number of hydrogen-bond donors (Lipinski definition) is 2. The second kappa shape index (κ2) is 9.49. The average molecular weight is 436 g/mol. The van der Waals surface area contributed by atoms with Gasteiger partial charge in [0, 0.05) is 11.0 Å². The van der Waals surface area contributed by atoms with Gasteiger partial charge in [0.1, 0.15) is 10.8 Å². The highest BCUT2D eigenvalue weighted by Gasteiger charge is 2.26. The first-order chi connectivity index (χ1) is 14.3. The van der Waals surface area contributed by atoms with Crippen LogP contribution in [0.15, 0.2) is 30.3 Å². The van der Waals surface area contributed by atoms with E-state index >= 15 is 0 Å². The minimum atomic E-state index is -2.92. The summed E-state index contributed by atoms with van der Waals surface area (Å²) in [6.07, 6.45) is 5.04. The van der Waals surface area contributed by atoms with Gasteiger partial charge in [-0.05, 0) is 48.6 Å². The van der Waals surface area contributed by atoms with Crippen molar-refractivity contribution in [2.45, 2.75) is 25.9 Å². The fraction of sp³-hybridized carbons (Fsp3) is 0.250. The molecule has 2 aromatic rings. The zero-order chi connectivity index (χ0) is 21.7. The second-order valence-corrected chi connectivity index (χ2v) is 7.47. The summed E-state index contributed by atoms with van der Waals surface area (Å²) in [5.41, 5.74) is 7.20. The van der Waals surface area contributed by atoms with Crippen LogP contribution in [0, 0.1) is 0 Å². The summed E-state index contributed by atoms with van der Waals surface area (Å²) in [4.78, 5) is 36.6. The van der Waals surface area contributed by atoms with Crippen LogP contribution in [0.3, 0.4) is 0 Å². The fourth-order valence-corrected chi connectivity index (χ4v) is 4.34. The highest BCUT2D eigenvalue weighted by Crippen LogP contribution is 2.38. The van der Waals surface area contributed by atoms with E-state index in [0.717, 1.165) is 35.8 Å². The number of primary amides is 1. The van der Waals surface area contributed by atoms with E-state index in [-0.39, 0.29) is 5.75 Å². The predicted molar refractivity (Wildman–Crippen MR) is 107 cm³/mol. The van der Waals surface area contributed by atoms with Gasteiger partial charge in [0.05, 0.1) is 5.56 Å². The predicted octanol–water partition coefficient (Wildman–Crippen LogP) is 3.13. The number of esters is 1. The molecule has 3 rings (SSSR count). The molecule has 0 radical (unpaired) electrons. The summed E-state index contributed by atoms with van der Waals surface area (Å²) in [6.45, 7) is -3.45. The molecule has 0 unspecified atom stereocenters. The lowest BCUT2D eigenvalue weighted by Gasteiger charge is -2.06. The van der Waals surface area contributed by atoms with Gasteiger partial charge >= 0.3 is 12.6 Å². The van der Waals surface area contributed by atoms with Gasteiger partial charge in [0.25, 0.3) is 11.8 Å². The molecule has 1 aromatic carbocycles. The number of benzene rings is 1. The monoisotopic (exact) mass is 436 g/mol. The van der Waals surface area contributed by atoms with Crippen LogP contribution in [-0.4, -0.2) is 31.0 Å². The fourth-order valence-electron chi connectivity index (χ4n) is 3.03. The summed E-state index contributed by atoms with van der Waals surface area (Å²) in [7, 11) is 0. The van der Waals surface area contributed by atoms with E-state index in [2.05, 4.69) is 10.1 Å². The number of nitrogens with two attached hydrogens (primary N) is 1. The molecule has 0 aliphatic heterocycles. The van der Waals surface area contributed by atoms with E-state index < -0.39 is 31.0 Å². The number of nitrogens with one attached hydrogen (secondary N) is 1. The molecule has 2 amide bonds. The van der Waals surface area contributed by atoms with Gasteiger partial charge in [-0.2, -0.15) is 8.78 Å². The Kier molecular flexibility index (Phi) is 6.78. The number of rotatable bonds is 8. The topological polar surface area (TPSA) is 108 Å². The van der Waals surface area contributed by atoms with Gasteiger partial charge in [0.2, 0.25) is 0 Å². The molecule has 7 nitrogen and oxygen atoms in total. The number of fused-ring (bicyclic) bond motifs is 1. The molecule has 0 saturated heterocycles. The maximum Gasteiger partial charge on any atom is 0.387 e. The molecule has 3 N–H and O–H groups in total. The summed E-state index contributed by atoms with van der Waals surface area (Å²) in [5, 5.41) is 2.94. The molecule has 0 fully saturated rings. The van der Waals surface area contributed by atoms with Gasteiger partial charge < -0.3 is 20.5 Å². The van der Waals surface area contributed by atoms with Crippen molar-refractivity contribution < 1.29 is 32.6 Å². The zero-order valence-electron chi connectivity index (χ0n) is 15.7. The van der Waals surface area contributed by atoms with Crippen molar-refractivity contribution >= 4 is 40.2 Å². The molecule has 0 spiro atoms. The number of carbonyl (C=O) groups is 3. The Balaban J connectivity index is 1.51. The quantitative estimate of drug-likeness (QED) is 0.488. The number of hydrogen-bond acceptors (Lipinski definition) is 6. The summed E-state index contributed by atoms with van der Waals surface area (Å²) in [5.74, 6) is -1.96. The Morgan fingerprint density at radius 2 is 1.93 bits per heavy atom. The third kappa shape index (κ3) is 5.41. The Labute approximate surface area is 174 Å². The Hall–Kier alpha value is -3.27. The molecule has 1 aliphatic rings. The van der Waals surface area contributed by atoms with Crippen molar-refractivity contribution in [3.63, 3.8) is 0 Å². The number of ether oxygens (including phenoxy) is 2. The molecule has 1 heterocycles. The van der Waals surface area contributed by atoms with Gasteiger partial charge in [0.15, 0.2) is 6.61 Å². The van der Waals surface area contributed by atoms with Crippen molar-refractivity contribution in [1.82, 2.24) is 0 Å². The van der Waals surface area contributed by atoms with Crippen molar-refractivity contribution in [2.24, 2.45) is 5.73 Å². The molecule has 1 aromatic heterocycles. The highest BCUT2D eigenvalue weighted by molar-refractivity contribution is 7.17. The summed E-state index contributed by atoms with van der Waals surface area (Å²) < 4.78 is 33.3. The summed E-state index contributed by atoms with van der Waals surface area (Å²) >= 11 is 1.31. The molecule has 10 heteroatoms. The van der Waals surface area contributed by atoms with Crippen LogP contribution in [0.5, 0.6) is 5.75 Å². The van der Waals surface area contributed by atoms with Crippen molar-refractivity contribution in [3.8, 4) is 5.75 Å². The van der Waals surface area contributed by atoms with Crippen LogP contribution >= 0.6 is 11.3 Å². The number of halogens is 2. The first-order valence-electron chi connectivity index (χ1n) is 8.97. The van der Waals surface area contributed by atoms with Gasteiger partial charge in [-0.25, -0.2) is 4.79 Å². The SMILES string of the molecule is NC(=O)c1c(NC(=O)COC(=O)/C=C/c2ccc(OC(F)F)cc2)sc2c1CCC2. The number of alkyl halides is 2. The first kappa shape index (κ1) is 21.4. The zero-order valence-corrected chi connectivity index (χ0v) is 16.5. The van der Waals surface area contributed by atoms with Crippen LogP contribution in [0.2, 0.25) is 0 Å². The van der Waals surface area contributed by atoms with Crippen LogP contribution in [0.25, 0.3) is 6.08 Å². The van der Waals surface area contributed by atoms with E-state index in [1.165, 1.54) is 41.7 Å². The molecule has 0 saturated carbocycles.